The van der Waals surface area contributed by atoms with E-state index >= 15 is 0 Å². The first-order valence-corrected chi connectivity index (χ1v) is 6.57. The maximum absolute atomic E-state index is 11.9. The lowest BCUT2D eigenvalue weighted by Gasteiger charge is -2.12. The Hall–Kier alpha value is -1.41. The lowest BCUT2D eigenvalue weighted by Crippen LogP contribution is -2.28. The first kappa shape index (κ1) is 14.7. The van der Waals surface area contributed by atoms with E-state index in [0.717, 1.165) is 0 Å². The highest BCUT2D eigenvalue weighted by atomic mass is 32.2. The smallest absolute Gasteiger partial charge is 0.387 e. The van der Waals surface area contributed by atoms with E-state index in [4.69, 9.17) is 5.11 Å². The molecule has 0 aromatic heterocycles. The number of hydrogen-bond donors (Lipinski definition) is 2. The molecule has 0 aliphatic heterocycles. The maximum atomic E-state index is 11.9. The first-order valence-electron chi connectivity index (χ1n) is 5.02. The van der Waals surface area contributed by atoms with Gasteiger partial charge in [0.1, 0.15) is 11.0 Å². The van der Waals surface area contributed by atoms with Crippen LogP contribution in [0.3, 0.4) is 0 Å². The van der Waals surface area contributed by atoms with Gasteiger partial charge in [0, 0.05) is 5.69 Å². The van der Waals surface area contributed by atoms with E-state index in [1.807, 2.05) is 0 Å². The van der Waals surface area contributed by atoms with Crippen molar-refractivity contribution in [2.75, 3.05) is 11.3 Å². The Labute approximate surface area is 103 Å². The molecule has 0 heterocycles. The van der Waals surface area contributed by atoms with Gasteiger partial charge in [0.2, 0.25) is 10.0 Å². The molecule has 1 unspecified atom stereocenters. The average molecular weight is 281 g/mol. The van der Waals surface area contributed by atoms with Crippen molar-refractivity contribution in [2.24, 2.45) is 0 Å². The molecule has 0 spiro atoms. The first-order chi connectivity index (χ1) is 8.35. The fourth-order valence-corrected chi connectivity index (χ4v) is 1.93. The minimum atomic E-state index is -3.69. The SMILES string of the molecule is CC(CO)S(=O)(=O)Nc1ccc(OC(F)F)cc1. The molecule has 0 amide bonds. The van der Waals surface area contributed by atoms with Gasteiger partial charge in [-0.05, 0) is 31.2 Å². The molecule has 1 aromatic carbocycles. The zero-order valence-corrected chi connectivity index (χ0v) is 10.3. The number of aliphatic hydroxyl groups excluding tert-OH is 1. The summed E-state index contributed by atoms with van der Waals surface area (Å²) in [5.41, 5.74) is 0.205. The summed E-state index contributed by atoms with van der Waals surface area (Å²) in [4.78, 5) is 0. The number of sulfonamides is 1. The summed E-state index contributed by atoms with van der Waals surface area (Å²) >= 11 is 0. The number of halogens is 2. The molecule has 0 saturated carbocycles. The second kappa shape index (κ2) is 5.96. The molecule has 102 valence electrons. The Balaban J connectivity index is 2.75. The van der Waals surface area contributed by atoms with Gasteiger partial charge in [0.25, 0.3) is 0 Å². The molecule has 1 atom stereocenters. The van der Waals surface area contributed by atoms with E-state index in [2.05, 4.69) is 9.46 Å². The van der Waals surface area contributed by atoms with Gasteiger partial charge >= 0.3 is 6.61 Å². The van der Waals surface area contributed by atoms with Gasteiger partial charge in [-0.25, -0.2) is 8.42 Å². The zero-order valence-electron chi connectivity index (χ0n) is 9.51. The Morgan fingerprint density at radius 3 is 2.33 bits per heavy atom. The summed E-state index contributed by atoms with van der Waals surface area (Å²) in [6.45, 7) is -2.10. The molecule has 8 heteroatoms. The van der Waals surface area contributed by atoms with Crippen LogP contribution in [0.15, 0.2) is 24.3 Å². The van der Waals surface area contributed by atoms with Crippen LogP contribution < -0.4 is 9.46 Å². The van der Waals surface area contributed by atoms with E-state index in [1.165, 1.54) is 31.2 Å². The van der Waals surface area contributed by atoms with Crippen molar-refractivity contribution >= 4 is 15.7 Å². The van der Waals surface area contributed by atoms with Gasteiger partial charge in [0.05, 0.1) is 6.61 Å². The van der Waals surface area contributed by atoms with E-state index in [-0.39, 0.29) is 11.4 Å². The fourth-order valence-electron chi connectivity index (χ4n) is 1.07. The van der Waals surface area contributed by atoms with Crippen LogP contribution in [0, 0.1) is 0 Å². The summed E-state index contributed by atoms with van der Waals surface area (Å²) in [5, 5.41) is 7.81. The van der Waals surface area contributed by atoms with Gasteiger partial charge in [-0.3, -0.25) is 4.72 Å². The van der Waals surface area contributed by atoms with Crippen molar-refractivity contribution < 1.29 is 27.0 Å². The second-order valence-corrected chi connectivity index (χ2v) is 5.64. The van der Waals surface area contributed by atoms with E-state index < -0.39 is 28.5 Å². The lowest BCUT2D eigenvalue weighted by atomic mass is 10.3. The summed E-state index contributed by atoms with van der Waals surface area (Å²) in [6.07, 6.45) is 0. The van der Waals surface area contributed by atoms with Crippen LogP contribution in [0.1, 0.15) is 6.92 Å². The molecule has 1 rings (SSSR count). The van der Waals surface area contributed by atoms with Crippen LogP contribution in [0.4, 0.5) is 14.5 Å². The normalized spacial score (nSPS) is 13.4. The molecule has 0 aliphatic rings. The summed E-state index contributed by atoms with van der Waals surface area (Å²) in [7, 11) is -3.69. The molecule has 0 saturated heterocycles. The quantitative estimate of drug-likeness (QED) is 0.826. The minimum Gasteiger partial charge on any atom is -0.435 e. The van der Waals surface area contributed by atoms with Crippen LogP contribution in [0.25, 0.3) is 0 Å². The molecule has 0 aliphatic carbocycles. The topological polar surface area (TPSA) is 75.6 Å². The number of aliphatic hydroxyl groups is 1. The van der Waals surface area contributed by atoms with Crippen molar-refractivity contribution in [2.45, 2.75) is 18.8 Å². The molecule has 18 heavy (non-hydrogen) atoms. The lowest BCUT2D eigenvalue weighted by molar-refractivity contribution is -0.0498. The van der Waals surface area contributed by atoms with Crippen molar-refractivity contribution in [1.29, 1.82) is 0 Å². The third kappa shape index (κ3) is 4.11. The van der Waals surface area contributed by atoms with E-state index in [9.17, 15) is 17.2 Å². The average Bonchev–Trinajstić information content (AvgIpc) is 2.29. The van der Waals surface area contributed by atoms with Crippen molar-refractivity contribution in [1.82, 2.24) is 0 Å². The minimum absolute atomic E-state index is 0.0665. The molecular weight excluding hydrogens is 268 g/mol. The highest BCUT2D eigenvalue weighted by Crippen LogP contribution is 2.19. The van der Waals surface area contributed by atoms with Crippen LogP contribution in [0.5, 0.6) is 5.75 Å². The van der Waals surface area contributed by atoms with E-state index in [1.54, 1.807) is 0 Å². The monoisotopic (exact) mass is 281 g/mol. The molecule has 0 radical (unpaired) electrons. The second-order valence-electron chi connectivity index (χ2n) is 3.54. The number of hydrogen-bond acceptors (Lipinski definition) is 4. The molecule has 1 aromatic rings. The number of rotatable bonds is 6. The Bertz CT molecular complexity index is 475. The number of anilines is 1. The van der Waals surface area contributed by atoms with Crippen molar-refractivity contribution in [3.8, 4) is 5.75 Å². The maximum Gasteiger partial charge on any atom is 0.387 e. The van der Waals surface area contributed by atoms with Crippen molar-refractivity contribution in [3.63, 3.8) is 0 Å². The highest BCUT2D eigenvalue weighted by Gasteiger charge is 2.19. The van der Waals surface area contributed by atoms with Crippen LogP contribution >= 0.6 is 0 Å². The third-order valence-corrected chi connectivity index (χ3v) is 3.86. The number of ether oxygens (including phenoxy) is 1. The Kier molecular flexibility index (Phi) is 4.85. The predicted octanol–water partition coefficient (Wildman–Crippen LogP) is 1.41. The number of nitrogens with one attached hydrogen (secondary N) is 1. The summed E-state index contributed by atoms with van der Waals surface area (Å²) in [6, 6.07) is 5.01. The summed E-state index contributed by atoms with van der Waals surface area (Å²) in [5.74, 6) is -0.0665. The van der Waals surface area contributed by atoms with Gasteiger partial charge in [-0.15, -0.1) is 0 Å². The Morgan fingerprint density at radius 2 is 1.89 bits per heavy atom. The predicted molar refractivity (Wildman–Crippen MR) is 62.2 cm³/mol. The molecule has 0 fully saturated rings. The molecule has 0 bridgehead atoms. The fraction of sp³-hybridized carbons (Fsp3) is 0.400. The standard InChI is InChI=1S/C10H13F2NO4S/c1-7(6-14)18(15,16)13-8-2-4-9(5-3-8)17-10(11)12/h2-5,7,10,13-14H,6H2,1H3. The van der Waals surface area contributed by atoms with Crippen molar-refractivity contribution in [3.05, 3.63) is 24.3 Å². The van der Waals surface area contributed by atoms with E-state index in [0.29, 0.717) is 0 Å². The van der Waals surface area contributed by atoms with Gasteiger partial charge in [-0.1, -0.05) is 0 Å². The van der Waals surface area contributed by atoms with Crippen LogP contribution in [-0.4, -0.2) is 32.0 Å². The molecule has 2 N–H and O–H groups in total. The number of alkyl halides is 2. The van der Waals surface area contributed by atoms with Gasteiger partial charge in [0.15, 0.2) is 0 Å². The third-order valence-electron chi connectivity index (χ3n) is 2.13. The van der Waals surface area contributed by atoms with Gasteiger partial charge < -0.3 is 9.84 Å². The highest BCUT2D eigenvalue weighted by molar-refractivity contribution is 7.93. The van der Waals surface area contributed by atoms with Crippen LogP contribution in [-0.2, 0) is 10.0 Å². The molecular formula is C10H13F2NO4S. The Morgan fingerprint density at radius 1 is 1.33 bits per heavy atom. The van der Waals surface area contributed by atoms with Crippen LogP contribution in [0.2, 0.25) is 0 Å². The van der Waals surface area contributed by atoms with Gasteiger partial charge in [-0.2, -0.15) is 8.78 Å². The summed E-state index contributed by atoms with van der Waals surface area (Å²) < 4.78 is 53.2. The number of benzene rings is 1. The molecule has 5 nitrogen and oxygen atoms in total. The zero-order chi connectivity index (χ0) is 13.8. The largest absolute Gasteiger partial charge is 0.435 e.